The van der Waals surface area contributed by atoms with Crippen LogP contribution in [0.1, 0.15) is 0 Å². The van der Waals surface area contributed by atoms with Crippen molar-refractivity contribution < 1.29 is 19.0 Å². The summed E-state index contributed by atoms with van der Waals surface area (Å²) in [6.07, 6.45) is 1.73. The quantitative estimate of drug-likeness (QED) is 0.679. The first-order chi connectivity index (χ1) is 13.3. The number of ether oxygens (including phenoxy) is 3. The molecule has 0 unspecified atom stereocenters. The van der Waals surface area contributed by atoms with Crippen molar-refractivity contribution in [2.45, 2.75) is 0 Å². The predicted molar refractivity (Wildman–Crippen MR) is 102 cm³/mol. The number of nitrogens with zero attached hydrogens (tertiary/aromatic N) is 1. The number of hydrogen-bond acceptors (Lipinski definition) is 5. The maximum atomic E-state index is 12.0. The van der Waals surface area contributed by atoms with Gasteiger partial charge in [0.15, 0.2) is 11.5 Å². The lowest BCUT2D eigenvalue weighted by Gasteiger charge is -2.19. The maximum absolute atomic E-state index is 12.0. The van der Waals surface area contributed by atoms with Crippen LogP contribution in [0, 0.1) is 0 Å². The Hall–Kier alpha value is -3.48. The number of nitrogens with one attached hydrogen (secondary N) is 2. The van der Waals surface area contributed by atoms with Crippen molar-refractivity contribution in [2.24, 2.45) is 0 Å². The third-order valence-corrected chi connectivity index (χ3v) is 4.04. The third kappa shape index (κ3) is 4.03. The SMILES string of the molecule is O=C(NCCOc1cccc2cccnc12)Nc1ccc2c(c1)OCCO2. The summed E-state index contributed by atoms with van der Waals surface area (Å²) >= 11 is 0. The van der Waals surface area contributed by atoms with E-state index in [4.69, 9.17) is 14.2 Å². The van der Waals surface area contributed by atoms with Gasteiger partial charge in [-0.2, -0.15) is 0 Å². The van der Waals surface area contributed by atoms with Gasteiger partial charge in [0.1, 0.15) is 31.1 Å². The lowest BCUT2D eigenvalue weighted by atomic mass is 10.2. The number of pyridine rings is 1. The molecule has 0 spiro atoms. The molecule has 0 atom stereocenters. The molecular weight excluding hydrogens is 346 g/mol. The van der Waals surface area contributed by atoms with E-state index in [0.29, 0.717) is 49.3 Å². The number of aromatic nitrogens is 1. The first-order valence-corrected chi connectivity index (χ1v) is 8.71. The van der Waals surface area contributed by atoms with Gasteiger partial charge >= 0.3 is 6.03 Å². The minimum absolute atomic E-state index is 0.314. The molecule has 0 bridgehead atoms. The molecule has 2 aromatic carbocycles. The summed E-state index contributed by atoms with van der Waals surface area (Å²) in [6, 6.07) is 14.6. The van der Waals surface area contributed by atoms with Gasteiger partial charge in [-0.25, -0.2) is 4.79 Å². The lowest BCUT2D eigenvalue weighted by molar-refractivity contribution is 0.171. The van der Waals surface area contributed by atoms with Crippen molar-refractivity contribution in [1.29, 1.82) is 0 Å². The number of para-hydroxylation sites is 1. The molecule has 0 aliphatic carbocycles. The molecule has 7 nitrogen and oxygen atoms in total. The van der Waals surface area contributed by atoms with Crippen molar-refractivity contribution in [3.05, 3.63) is 54.7 Å². The zero-order valence-electron chi connectivity index (χ0n) is 14.6. The minimum Gasteiger partial charge on any atom is -0.489 e. The van der Waals surface area contributed by atoms with Gasteiger partial charge in [0.25, 0.3) is 0 Å². The molecule has 0 saturated carbocycles. The van der Waals surface area contributed by atoms with Crippen molar-refractivity contribution in [1.82, 2.24) is 10.3 Å². The summed E-state index contributed by atoms with van der Waals surface area (Å²) in [6.45, 7) is 1.74. The molecule has 138 valence electrons. The summed E-state index contributed by atoms with van der Waals surface area (Å²) < 4.78 is 16.7. The molecule has 3 aromatic rings. The van der Waals surface area contributed by atoms with Gasteiger partial charge < -0.3 is 24.8 Å². The predicted octanol–water partition coefficient (Wildman–Crippen LogP) is 3.21. The second-order valence-electron chi connectivity index (χ2n) is 5.92. The Morgan fingerprint density at radius 1 is 1.07 bits per heavy atom. The number of carbonyl (C=O) groups excluding carboxylic acids is 1. The first-order valence-electron chi connectivity index (χ1n) is 8.71. The monoisotopic (exact) mass is 365 g/mol. The Morgan fingerprint density at radius 2 is 1.93 bits per heavy atom. The van der Waals surface area contributed by atoms with Gasteiger partial charge in [-0.3, -0.25) is 4.98 Å². The molecule has 2 heterocycles. The summed E-state index contributed by atoms with van der Waals surface area (Å²) in [5, 5.41) is 6.54. The van der Waals surface area contributed by atoms with Crippen LogP contribution >= 0.6 is 0 Å². The van der Waals surface area contributed by atoms with Crippen LogP contribution in [0.15, 0.2) is 54.7 Å². The van der Waals surface area contributed by atoms with E-state index in [-0.39, 0.29) is 6.03 Å². The highest BCUT2D eigenvalue weighted by molar-refractivity contribution is 5.89. The second kappa shape index (κ2) is 7.82. The van der Waals surface area contributed by atoms with Crippen LogP contribution in [0.5, 0.6) is 17.2 Å². The fourth-order valence-corrected chi connectivity index (χ4v) is 2.81. The molecule has 4 rings (SSSR count). The summed E-state index contributed by atoms with van der Waals surface area (Å²) in [7, 11) is 0. The van der Waals surface area contributed by atoms with Crippen molar-refractivity contribution in [3.8, 4) is 17.2 Å². The van der Waals surface area contributed by atoms with E-state index in [1.807, 2.05) is 30.3 Å². The lowest BCUT2D eigenvalue weighted by Crippen LogP contribution is -2.32. The van der Waals surface area contributed by atoms with Gasteiger partial charge in [0.05, 0.1) is 6.54 Å². The zero-order chi connectivity index (χ0) is 18.5. The molecule has 0 saturated heterocycles. The van der Waals surface area contributed by atoms with Crippen LogP contribution in [-0.4, -0.2) is 37.4 Å². The fourth-order valence-electron chi connectivity index (χ4n) is 2.81. The standard InChI is InChI=1S/C20H19N3O4/c24-20(23-15-6-7-16-18(13-15)27-12-11-26-16)22-9-10-25-17-5-1-3-14-4-2-8-21-19(14)17/h1-8,13H,9-12H2,(H2,22,23,24). The third-order valence-electron chi connectivity index (χ3n) is 4.04. The number of urea groups is 1. The number of rotatable bonds is 5. The van der Waals surface area contributed by atoms with E-state index in [1.165, 1.54) is 0 Å². The summed E-state index contributed by atoms with van der Waals surface area (Å²) in [5.74, 6) is 2.01. The first kappa shape index (κ1) is 17.0. The molecule has 0 fully saturated rings. The Balaban J connectivity index is 1.27. The Labute approximate surface area is 156 Å². The van der Waals surface area contributed by atoms with E-state index >= 15 is 0 Å². The number of carbonyl (C=O) groups is 1. The summed E-state index contributed by atoms with van der Waals surface area (Å²) in [5.41, 5.74) is 1.44. The Kier molecular flexibility index (Phi) is 4.91. The topological polar surface area (TPSA) is 81.7 Å². The van der Waals surface area contributed by atoms with Crippen LogP contribution < -0.4 is 24.8 Å². The Bertz CT molecular complexity index is 956. The van der Waals surface area contributed by atoms with Crippen molar-refractivity contribution in [3.63, 3.8) is 0 Å². The number of hydrogen-bond donors (Lipinski definition) is 2. The largest absolute Gasteiger partial charge is 0.489 e. The molecule has 1 aromatic heterocycles. The second-order valence-corrected chi connectivity index (χ2v) is 5.92. The highest BCUT2D eigenvalue weighted by Gasteiger charge is 2.12. The number of amides is 2. The molecule has 2 N–H and O–H groups in total. The summed E-state index contributed by atoms with van der Waals surface area (Å²) in [4.78, 5) is 16.4. The van der Waals surface area contributed by atoms with Crippen molar-refractivity contribution in [2.75, 3.05) is 31.7 Å². The van der Waals surface area contributed by atoms with E-state index in [9.17, 15) is 4.79 Å². The van der Waals surface area contributed by atoms with Crippen LogP contribution in [0.3, 0.4) is 0 Å². The smallest absolute Gasteiger partial charge is 0.319 e. The van der Waals surface area contributed by atoms with Crippen LogP contribution in [0.2, 0.25) is 0 Å². The van der Waals surface area contributed by atoms with Crippen LogP contribution in [-0.2, 0) is 0 Å². The highest BCUT2D eigenvalue weighted by Crippen LogP contribution is 2.32. The average Bonchev–Trinajstić information content (AvgIpc) is 2.71. The van der Waals surface area contributed by atoms with E-state index in [2.05, 4.69) is 15.6 Å². The molecular formula is C20H19N3O4. The van der Waals surface area contributed by atoms with E-state index in [1.54, 1.807) is 24.4 Å². The van der Waals surface area contributed by atoms with Gasteiger partial charge in [-0.1, -0.05) is 18.2 Å². The van der Waals surface area contributed by atoms with Gasteiger partial charge in [-0.05, 0) is 24.3 Å². The van der Waals surface area contributed by atoms with Gasteiger partial charge in [0.2, 0.25) is 0 Å². The number of fused-ring (bicyclic) bond motifs is 2. The zero-order valence-corrected chi connectivity index (χ0v) is 14.6. The molecule has 0 radical (unpaired) electrons. The fraction of sp³-hybridized carbons (Fsp3) is 0.200. The molecule has 7 heteroatoms. The molecule has 1 aliphatic heterocycles. The number of anilines is 1. The van der Waals surface area contributed by atoms with Crippen molar-refractivity contribution >= 4 is 22.6 Å². The molecule has 27 heavy (non-hydrogen) atoms. The van der Waals surface area contributed by atoms with Crippen LogP contribution in [0.25, 0.3) is 10.9 Å². The number of benzene rings is 2. The molecule has 2 amide bonds. The van der Waals surface area contributed by atoms with Gasteiger partial charge in [0, 0.05) is 23.3 Å². The maximum Gasteiger partial charge on any atom is 0.319 e. The highest BCUT2D eigenvalue weighted by atomic mass is 16.6. The molecule has 1 aliphatic rings. The average molecular weight is 365 g/mol. The minimum atomic E-state index is -0.314. The normalized spacial score (nSPS) is 12.4. The van der Waals surface area contributed by atoms with Gasteiger partial charge in [-0.15, -0.1) is 0 Å². The Morgan fingerprint density at radius 3 is 2.85 bits per heavy atom. The van der Waals surface area contributed by atoms with Crippen LogP contribution in [0.4, 0.5) is 10.5 Å². The van der Waals surface area contributed by atoms with E-state index in [0.717, 1.165) is 10.9 Å². The van der Waals surface area contributed by atoms with E-state index < -0.39 is 0 Å².